The quantitative estimate of drug-likeness (QED) is 0.215. The molecule has 0 saturated carbocycles. The minimum Gasteiger partial charge on any atom is -0.397 e. The highest BCUT2D eigenvalue weighted by Crippen LogP contribution is 2.29. The lowest BCUT2D eigenvalue weighted by Crippen LogP contribution is -2.44. The van der Waals surface area contributed by atoms with Gasteiger partial charge in [-0.05, 0) is 60.6 Å². The van der Waals surface area contributed by atoms with Crippen LogP contribution < -0.4 is 26.6 Å². The third kappa shape index (κ3) is 6.54. The molecule has 0 bridgehead atoms. The van der Waals surface area contributed by atoms with Gasteiger partial charge in [0.2, 0.25) is 0 Å². The number of rotatable bonds is 9. The molecule has 0 radical (unpaired) electrons. The van der Waals surface area contributed by atoms with E-state index in [2.05, 4.69) is 118 Å². The highest BCUT2D eigenvalue weighted by molar-refractivity contribution is 5.75. The summed E-state index contributed by atoms with van der Waals surface area (Å²) in [4.78, 5) is 4.80. The smallest absolute Gasteiger partial charge is 0.0620 e. The minimum absolute atomic E-state index is 0.694. The minimum atomic E-state index is 0.694. The third-order valence-electron chi connectivity index (χ3n) is 6.85. The van der Waals surface area contributed by atoms with Gasteiger partial charge in [-0.15, -0.1) is 0 Å². The predicted molar refractivity (Wildman–Crippen MR) is 158 cm³/mol. The summed E-state index contributed by atoms with van der Waals surface area (Å²) in [5, 5.41) is 10.7. The van der Waals surface area contributed by atoms with Crippen LogP contribution in [0.15, 0.2) is 97.1 Å². The third-order valence-corrected chi connectivity index (χ3v) is 6.85. The van der Waals surface area contributed by atoms with E-state index in [4.69, 9.17) is 5.73 Å². The molecule has 0 spiro atoms. The van der Waals surface area contributed by atoms with Crippen molar-refractivity contribution in [2.45, 2.75) is 13.1 Å². The first-order valence-electron chi connectivity index (χ1n) is 12.9. The molecule has 0 unspecified atom stereocenters. The monoisotopic (exact) mass is 492 g/mol. The van der Waals surface area contributed by atoms with Crippen LogP contribution in [-0.4, -0.2) is 38.1 Å². The molecule has 0 amide bonds. The van der Waals surface area contributed by atoms with Gasteiger partial charge in [-0.3, -0.25) is 0 Å². The van der Waals surface area contributed by atoms with Crippen LogP contribution in [0.25, 0.3) is 0 Å². The van der Waals surface area contributed by atoms with Crippen molar-refractivity contribution < 1.29 is 0 Å². The van der Waals surface area contributed by atoms with Gasteiger partial charge in [-0.1, -0.05) is 54.6 Å². The van der Waals surface area contributed by atoms with Crippen molar-refractivity contribution in [3.8, 4) is 0 Å². The van der Waals surface area contributed by atoms with E-state index in [-0.39, 0.29) is 0 Å². The van der Waals surface area contributed by atoms with E-state index in [9.17, 15) is 0 Å². The normalized spacial score (nSPS) is 13.8. The second kappa shape index (κ2) is 11.7. The first-order valence-corrected chi connectivity index (χ1v) is 12.9. The maximum absolute atomic E-state index is 6.32. The molecule has 1 aliphatic rings. The van der Waals surface area contributed by atoms with E-state index < -0.39 is 0 Å². The summed E-state index contributed by atoms with van der Waals surface area (Å²) in [6.07, 6.45) is 0. The van der Waals surface area contributed by atoms with E-state index in [0.717, 1.165) is 61.2 Å². The van der Waals surface area contributed by atoms with Crippen molar-refractivity contribution in [2.24, 2.45) is 0 Å². The average molecular weight is 493 g/mol. The van der Waals surface area contributed by atoms with Crippen molar-refractivity contribution in [1.29, 1.82) is 0 Å². The van der Waals surface area contributed by atoms with Crippen molar-refractivity contribution in [1.82, 2.24) is 4.90 Å². The Balaban J connectivity index is 1.23. The summed E-state index contributed by atoms with van der Waals surface area (Å²) in [5.41, 5.74) is 14.9. The molecular weight excluding hydrogens is 456 g/mol. The Morgan fingerprint density at radius 2 is 1.32 bits per heavy atom. The Bertz CT molecular complexity index is 1300. The van der Waals surface area contributed by atoms with Crippen LogP contribution >= 0.6 is 0 Å². The molecule has 37 heavy (non-hydrogen) atoms. The number of nitrogens with two attached hydrogens (primary N) is 1. The van der Waals surface area contributed by atoms with Crippen LogP contribution in [0.3, 0.4) is 0 Å². The van der Waals surface area contributed by atoms with Gasteiger partial charge >= 0.3 is 0 Å². The Labute approximate surface area is 220 Å². The Hall–Kier alpha value is -4.16. The van der Waals surface area contributed by atoms with Crippen molar-refractivity contribution in [3.63, 3.8) is 0 Å². The number of para-hydroxylation sites is 2. The molecule has 0 aliphatic carbocycles. The molecule has 1 aliphatic heterocycles. The number of benzene rings is 4. The van der Waals surface area contributed by atoms with Gasteiger partial charge < -0.3 is 31.5 Å². The van der Waals surface area contributed by atoms with Crippen LogP contribution in [0.1, 0.15) is 11.1 Å². The molecule has 0 atom stereocenters. The van der Waals surface area contributed by atoms with Crippen LogP contribution in [0.5, 0.6) is 0 Å². The van der Waals surface area contributed by atoms with Crippen LogP contribution in [0, 0.1) is 0 Å². The van der Waals surface area contributed by atoms with Gasteiger partial charge in [0.15, 0.2) is 0 Å². The summed E-state index contributed by atoms with van der Waals surface area (Å²) in [7, 11) is 2.18. The molecule has 4 aromatic carbocycles. The molecule has 6 heteroatoms. The first kappa shape index (κ1) is 24.5. The number of nitrogens with zero attached hydrogens (tertiary/aromatic N) is 2. The summed E-state index contributed by atoms with van der Waals surface area (Å²) in [5.74, 6) is 0. The lowest BCUT2D eigenvalue weighted by atomic mass is 10.1. The number of nitrogens with one attached hydrogen (secondary N) is 3. The highest BCUT2D eigenvalue weighted by Gasteiger charge is 2.15. The molecule has 4 aromatic rings. The van der Waals surface area contributed by atoms with Gasteiger partial charge in [0, 0.05) is 50.6 Å². The van der Waals surface area contributed by atoms with E-state index >= 15 is 0 Å². The first-order chi connectivity index (χ1) is 18.1. The lowest BCUT2D eigenvalue weighted by Gasteiger charge is -2.34. The van der Waals surface area contributed by atoms with E-state index in [1.54, 1.807) is 0 Å². The molecule has 1 fully saturated rings. The zero-order chi connectivity index (χ0) is 25.5. The van der Waals surface area contributed by atoms with E-state index in [1.165, 1.54) is 16.8 Å². The molecule has 1 saturated heterocycles. The van der Waals surface area contributed by atoms with Crippen LogP contribution in [0.4, 0.5) is 34.1 Å². The fourth-order valence-electron chi connectivity index (χ4n) is 4.61. The summed E-state index contributed by atoms with van der Waals surface area (Å²) >= 11 is 0. The number of hydrogen-bond acceptors (Lipinski definition) is 6. The Morgan fingerprint density at radius 1 is 0.649 bits per heavy atom. The molecule has 5 rings (SSSR count). The summed E-state index contributed by atoms with van der Waals surface area (Å²) in [6, 6.07) is 33.6. The zero-order valence-electron chi connectivity index (χ0n) is 21.5. The predicted octanol–water partition coefficient (Wildman–Crippen LogP) is 5.99. The standard InChI is InChI=1S/C31H36N6/c1-36-16-18-37(19-17-36)27-14-15-28(32)31(21-27)34-23-25-10-7-11-26(20-25)35-30-13-6-5-12-29(30)33-22-24-8-3-2-4-9-24/h2-15,20-21,33-35H,16-19,22-23,32H2,1H3. The van der Waals surface area contributed by atoms with Crippen molar-refractivity contribution >= 4 is 34.1 Å². The maximum atomic E-state index is 6.32. The van der Waals surface area contributed by atoms with E-state index in [0.29, 0.717) is 6.54 Å². The molecule has 1 heterocycles. The van der Waals surface area contributed by atoms with Gasteiger partial charge in [0.1, 0.15) is 0 Å². The van der Waals surface area contributed by atoms with E-state index in [1.807, 2.05) is 12.1 Å². The number of anilines is 6. The fraction of sp³-hybridized carbons (Fsp3) is 0.226. The summed E-state index contributed by atoms with van der Waals surface area (Å²) in [6.45, 7) is 5.71. The lowest BCUT2D eigenvalue weighted by molar-refractivity contribution is 0.313. The Morgan fingerprint density at radius 3 is 2.14 bits per heavy atom. The number of piperazine rings is 1. The topological polar surface area (TPSA) is 68.6 Å². The van der Waals surface area contributed by atoms with Gasteiger partial charge in [0.05, 0.1) is 22.7 Å². The van der Waals surface area contributed by atoms with Crippen molar-refractivity contribution in [2.75, 3.05) is 59.8 Å². The summed E-state index contributed by atoms with van der Waals surface area (Å²) < 4.78 is 0. The fourth-order valence-corrected chi connectivity index (χ4v) is 4.61. The second-order valence-corrected chi connectivity index (χ2v) is 9.63. The molecule has 6 nitrogen and oxygen atoms in total. The van der Waals surface area contributed by atoms with Gasteiger partial charge in [-0.25, -0.2) is 0 Å². The van der Waals surface area contributed by atoms with Crippen LogP contribution in [-0.2, 0) is 13.1 Å². The number of likely N-dealkylation sites (N-methyl/N-ethyl adjacent to an activating group) is 1. The van der Waals surface area contributed by atoms with Gasteiger partial charge in [-0.2, -0.15) is 0 Å². The average Bonchev–Trinajstić information content (AvgIpc) is 2.93. The van der Waals surface area contributed by atoms with Crippen molar-refractivity contribution in [3.05, 3.63) is 108 Å². The number of nitrogen functional groups attached to an aromatic ring is 1. The second-order valence-electron chi connectivity index (χ2n) is 9.63. The SMILES string of the molecule is CN1CCN(c2ccc(N)c(NCc3cccc(Nc4ccccc4NCc4ccccc4)c3)c2)CC1. The molecule has 190 valence electrons. The molecular formula is C31H36N6. The number of hydrogen-bond donors (Lipinski definition) is 4. The van der Waals surface area contributed by atoms with Crippen LogP contribution in [0.2, 0.25) is 0 Å². The Kier molecular flexibility index (Phi) is 7.77. The zero-order valence-corrected chi connectivity index (χ0v) is 21.5. The van der Waals surface area contributed by atoms with Gasteiger partial charge in [0.25, 0.3) is 0 Å². The molecule has 5 N–H and O–H groups in total. The maximum Gasteiger partial charge on any atom is 0.0620 e. The molecule has 0 aromatic heterocycles. The highest BCUT2D eigenvalue weighted by atomic mass is 15.2. The largest absolute Gasteiger partial charge is 0.397 e.